The van der Waals surface area contributed by atoms with Crippen molar-refractivity contribution < 1.29 is 14.3 Å². The average molecular weight is 389 g/mol. The SMILES string of the molecule is COc1ccc(C2CCCCN(C(=O)Nc3cc(Cl)ccc3OC)C2)cc1. The van der Waals surface area contributed by atoms with Gasteiger partial charge in [0, 0.05) is 24.0 Å². The zero-order valence-electron chi connectivity index (χ0n) is 15.7. The highest BCUT2D eigenvalue weighted by atomic mass is 35.5. The second-order valence-corrected chi connectivity index (χ2v) is 7.12. The number of nitrogens with one attached hydrogen (secondary N) is 1. The second kappa shape index (κ2) is 9.00. The Hall–Kier alpha value is -2.40. The van der Waals surface area contributed by atoms with Crippen molar-refractivity contribution in [1.82, 2.24) is 4.90 Å². The number of carbonyl (C=O) groups is 1. The van der Waals surface area contributed by atoms with Crippen LogP contribution in [0.2, 0.25) is 5.02 Å². The van der Waals surface area contributed by atoms with Crippen molar-refractivity contribution >= 4 is 23.3 Å². The number of hydrogen-bond acceptors (Lipinski definition) is 3. The van der Waals surface area contributed by atoms with Crippen LogP contribution in [0.3, 0.4) is 0 Å². The maximum absolute atomic E-state index is 12.9. The molecule has 1 saturated heterocycles. The third-order valence-electron chi connectivity index (χ3n) is 4.95. The van der Waals surface area contributed by atoms with Crippen LogP contribution in [0.25, 0.3) is 0 Å². The Morgan fingerprint density at radius 3 is 2.59 bits per heavy atom. The molecule has 1 atom stereocenters. The van der Waals surface area contributed by atoms with E-state index in [1.54, 1.807) is 32.4 Å². The topological polar surface area (TPSA) is 50.8 Å². The van der Waals surface area contributed by atoms with Crippen molar-refractivity contribution in [2.75, 3.05) is 32.6 Å². The molecule has 1 aliphatic heterocycles. The number of rotatable bonds is 4. The molecule has 0 spiro atoms. The monoisotopic (exact) mass is 388 g/mol. The molecule has 0 aliphatic carbocycles. The Kier molecular flexibility index (Phi) is 6.45. The molecule has 144 valence electrons. The molecule has 0 saturated carbocycles. The van der Waals surface area contributed by atoms with Crippen LogP contribution in [0.5, 0.6) is 11.5 Å². The summed E-state index contributed by atoms with van der Waals surface area (Å²) in [6.07, 6.45) is 3.16. The Bertz CT molecular complexity index is 779. The first-order chi connectivity index (χ1) is 13.1. The molecular formula is C21H25ClN2O3. The summed E-state index contributed by atoms with van der Waals surface area (Å²) in [7, 11) is 3.24. The number of likely N-dealkylation sites (tertiary alicyclic amines) is 1. The van der Waals surface area contributed by atoms with Crippen LogP contribution >= 0.6 is 11.6 Å². The maximum Gasteiger partial charge on any atom is 0.321 e. The lowest BCUT2D eigenvalue weighted by Gasteiger charge is -2.25. The zero-order chi connectivity index (χ0) is 19.2. The highest BCUT2D eigenvalue weighted by Crippen LogP contribution is 2.30. The molecule has 0 radical (unpaired) electrons. The van der Waals surface area contributed by atoms with E-state index >= 15 is 0 Å². The van der Waals surface area contributed by atoms with E-state index in [4.69, 9.17) is 21.1 Å². The number of urea groups is 1. The number of benzene rings is 2. The van der Waals surface area contributed by atoms with Gasteiger partial charge in [-0.25, -0.2) is 4.79 Å². The van der Waals surface area contributed by atoms with Crippen LogP contribution in [-0.2, 0) is 0 Å². The molecule has 27 heavy (non-hydrogen) atoms. The molecule has 6 heteroatoms. The lowest BCUT2D eigenvalue weighted by Crippen LogP contribution is -2.37. The molecule has 1 fully saturated rings. The third kappa shape index (κ3) is 4.86. The number of nitrogens with zero attached hydrogens (tertiary/aromatic N) is 1. The van der Waals surface area contributed by atoms with Crippen LogP contribution in [-0.4, -0.2) is 38.2 Å². The van der Waals surface area contributed by atoms with Gasteiger partial charge < -0.3 is 19.7 Å². The van der Waals surface area contributed by atoms with Gasteiger partial charge in [-0.2, -0.15) is 0 Å². The molecule has 2 amide bonds. The van der Waals surface area contributed by atoms with Crippen molar-refractivity contribution in [1.29, 1.82) is 0 Å². The lowest BCUT2D eigenvalue weighted by molar-refractivity contribution is 0.211. The fraction of sp³-hybridized carbons (Fsp3) is 0.381. The Morgan fingerprint density at radius 1 is 1.11 bits per heavy atom. The van der Waals surface area contributed by atoms with Crippen LogP contribution in [0.1, 0.15) is 30.7 Å². The van der Waals surface area contributed by atoms with Crippen molar-refractivity contribution in [2.45, 2.75) is 25.2 Å². The summed E-state index contributed by atoms with van der Waals surface area (Å²) < 4.78 is 10.6. The lowest BCUT2D eigenvalue weighted by atomic mass is 9.94. The fourth-order valence-corrected chi connectivity index (χ4v) is 3.62. The van der Waals surface area contributed by atoms with Crippen LogP contribution in [0, 0.1) is 0 Å². The van der Waals surface area contributed by atoms with E-state index in [2.05, 4.69) is 17.4 Å². The van der Waals surface area contributed by atoms with Gasteiger partial charge in [0.1, 0.15) is 11.5 Å². The minimum absolute atomic E-state index is 0.129. The van der Waals surface area contributed by atoms with E-state index in [0.717, 1.165) is 31.6 Å². The molecule has 3 rings (SSSR count). The second-order valence-electron chi connectivity index (χ2n) is 6.69. The van der Waals surface area contributed by atoms with Crippen LogP contribution in [0.4, 0.5) is 10.5 Å². The summed E-state index contributed by atoms with van der Waals surface area (Å²) in [5, 5.41) is 3.50. The molecule has 1 aliphatic rings. The van der Waals surface area contributed by atoms with Crippen molar-refractivity contribution in [2.24, 2.45) is 0 Å². The molecule has 1 N–H and O–H groups in total. The van der Waals surface area contributed by atoms with Gasteiger partial charge in [0.15, 0.2) is 0 Å². The number of methoxy groups -OCH3 is 2. The number of anilines is 1. The van der Waals surface area contributed by atoms with E-state index in [0.29, 0.717) is 28.9 Å². The van der Waals surface area contributed by atoms with Crippen molar-refractivity contribution in [3.05, 3.63) is 53.1 Å². The average Bonchev–Trinajstić information content (AvgIpc) is 2.95. The molecule has 5 nitrogen and oxygen atoms in total. The van der Waals surface area contributed by atoms with Crippen molar-refractivity contribution in [3.63, 3.8) is 0 Å². The summed E-state index contributed by atoms with van der Waals surface area (Å²) in [5.41, 5.74) is 1.82. The van der Waals surface area contributed by atoms with Gasteiger partial charge in [-0.15, -0.1) is 0 Å². The van der Waals surface area contributed by atoms with Crippen molar-refractivity contribution in [3.8, 4) is 11.5 Å². The summed E-state index contributed by atoms with van der Waals surface area (Å²) in [4.78, 5) is 14.8. The van der Waals surface area contributed by atoms with Crippen LogP contribution < -0.4 is 14.8 Å². The highest BCUT2D eigenvalue weighted by Gasteiger charge is 2.24. The predicted octanol–water partition coefficient (Wildman–Crippen LogP) is 5.16. The first-order valence-electron chi connectivity index (χ1n) is 9.14. The third-order valence-corrected chi connectivity index (χ3v) is 5.18. The molecule has 1 heterocycles. The number of ether oxygens (including phenoxy) is 2. The molecule has 2 aromatic carbocycles. The Balaban J connectivity index is 1.73. The normalized spacial score (nSPS) is 17.1. The first kappa shape index (κ1) is 19.4. The van der Waals surface area contributed by atoms with Gasteiger partial charge in [-0.3, -0.25) is 0 Å². The number of carbonyl (C=O) groups excluding carboxylic acids is 1. The number of halogens is 1. The van der Waals surface area contributed by atoms with Crippen LogP contribution in [0.15, 0.2) is 42.5 Å². The van der Waals surface area contributed by atoms with Gasteiger partial charge in [-0.05, 0) is 48.7 Å². The molecule has 1 unspecified atom stereocenters. The minimum atomic E-state index is -0.129. The summed E-state index contributed by atoms with van der Waals surface area (Å²) >= 11 is 6.07. The zero-order valence-corrected chi connectivity index (χ0v) is 16.5. The standard InChI is InChI=1S/C21H25ClN2O3/c1-26-18-9-6-15(7-10-18)16-5-3-4-12-24(14-16)21(25)23-19-13-17(22)8-11-20(19)27-2/h6-11,13,16H,3-5,12,14H2,1-2H3,(H,23,25). The first-order valence-corrected chi connectivity index (χ1v) is 9.52. The maximum atomic E-state index is 12.9. The van der Waals surface area contributed by atoms with E-state index < -0.39 is 0 Å². The smallest absolute Gasteiger partial charge is 0.321 e. The van der Waals surface area contributed by atoms with Gasteiger partial charge in [0.25, 0.3) is 0 Å². The fourth-order valence-electron chi connectivity index (χ4n) is 3.45. The quantitative estimate of drug-likeness (QED) is 0.787. The van der Waals surface area contributed by atoms with Gasteiger partial charge in [0.2, 0.25) is 0 Å². The number of amides is 2. The molecule has 0 aromatic heterocycles. The highest BCUT2D eigenvalue weighted by molar-refractivity contribution is 6.31. The predicted molar refractivity (Wildman–Crippen MR) is 108 cm³/mol. The van der Waals surface area contributed by atoms with Gasteiger partial charge in [-0.1, -0.05) is 30.2 Å². The molecule has 2 aromatic rings. The Labute approximate surface area is 165 Å². The number of hydrogen-bond donors (Lipinski definition) is 1. The van der Waals surface area contributed by atoms with E-state index in [1.165, 1.54) is 5.56 Å². The van der Waals surface area contributed by atoms with Gasteiger partial charge in [0.05, 0.1) is 19.9 Å². The largest absolute Gasteiger partial charge is 0.497 e. The summed E-state index contributed by atoms with van der Waals surface area (Å²) in [6, 6.07) is 13.2. The summed E-state index contributed by atoms with van der Waals surface area (Å²) in [5.74, 6) is 1.75. The van der Waals surface area contributed by atoms with Gasteiger partial charge >= 0.3 is 6.03 Å². The molecule has 0 bridgehead atoms. The summed E-state index contributed by atoms with van der Waals surface area (Å²) in [6.45, 7) is 1.42. The Morgan fingerprint density at radius 2 is 1.89 bits per heavy atom. The molecular weight excluding hydrogens is 364 g/mol. The van der Waals surface area contributed by atoms with E-state index in [9.17, 15) is 4.79 Å². The van der Waals surface area contributed by atoms with E-state index in [-0.39, 0.29) is 6.03 Å². The minimum Gasteiger partial charge on any atom is -0.497 e. The van der Waals surface area contributed by atoms with E-state index in [1.807, 2.05) is 17.0 Å².